The summed E-state index contributed by atoms with van der Waals surface area (Å²) in [6, 6.07) is 4.29. The second-order valence-electron chi connectivity index (χ2n) is 5.48. The van der Waals surface area contributed by atoms with Crippen molar-refractivity contribution in [2.24, 2.45) is 0 Å². The highest BCUT2D eigenvalue weighted by atomic mass is 35.5. The average Bonchev–Trinajstić information content (AvgIpc) is 2.58. The number of morpholine rings is 1. The second-order valence-corrected chi connectivity index (χ2v) is 6.27. The van der Waals surface area contributed by atoms with Crippen molar-refractivity contribution >= 4 is 35.0 Å². The molecule has 0 bridgehead atoms. The van der Waals surface area contributed by atoms with Gasteiger partial charge in [-0.05, 0) is 26.0 Å². The molecule has 1 aliphatic rings. The number of ether oxygens (including phenoxy) is 2. The first kappa shape index (κ1) is 18.8. The molecule has 2 atom stereocenters. The molecule has 2 unspecified atom stereocenters. The average molecular weight is 375 g/mol. The number of nitrogens with one attached hydrogen (secondary N) is 1. The first-order valence-corrected chi connectivity index (χ1v) is 8.43. The Balaban J connectivity index is 1.90. The summed E-state index contributed by atoms with van der Waals surface area (Å²) in [7, 11) is 0. The fourth-order valence-electron chi connectivity index (χ4n) is 2.27. The Kier molecular flexibility index (Phi) is 6.71. The van der Waals surface area contributed by atoms with Crippen molar-refractivity contribution in [1.82, 2.24) is 10.2 Å². The van der Waals surface area contributed by atoms with Crippen molar-refractivity contribution < 1.29 is 19.1 Å². The minimum Gasteiger partial charge on any atom is -0.479 e. The first-order chi connectivity index (χ1) is 11.4. The molecule has 1 heterocycles. The molecule has 1 fully saturated rings. The number of nitrogens with zero attached hydrogens (tertiary/aromatic N) is 1. The minimum atomic E-state index is -0.819. The van der Waals surface area contributed by atoms with Crippen LogP contribution >= 0.6 is 23.2 Å². The van der Waals surface area contributed by atoms with Gasteiger partial charge in [0, 0.05) is 13.1 Å². The quantitative estimate of drug-likeness (QED) is 0.856. The molecule has 1 aliphatic heterocycles. The molecule has 2 rings (SSSR count). The van der Waals surface area contributed by atoms with Crippen LogP contribution in [0.2, 0.25) is 10.0 Å². The molecule has 24 heavy (non-hydrogen) atoms. The number of halogens is 2. The third kappa shape index (κ3) is 4.75. The number of benzene rings is 1. The van der Waals surface area contributed by atoms with Crippen molar-refractivity contribution in [3.05, 3.63) is 28.2 Å². The molecule has 1 aromatic carbocycles. The van der Waals surface area contributed by atoms with Gasteiger partial charge in [-0.2, -0.15) is 0 Å². The van der Waals surface area contributed by atoms with E-state index in [9.17, 15) is 9.59 Å². The van der Waals surface area contributed by atoms with Gasteiger partial charge in [0.1, 0.15) is 16.8 Å². The van der Waals surface area contributed by atoms with Gasteiger partial charge in [0.05, 0.1) is 18.2 Å². The fraction of sp³-hybridized carbons (Fsp3) is 0.500. The van der Waals surface area contributed by atoms with Gasteiger partial charge in [-0.15, -0.1) is 0 Å². The van der Waals surface area contributed by atoms with Crippen LogP contribution < -0.4 is 10.1 Å². The van der Waals surface area contributed by atoms with E-state index in [0.29, 0.717) is 37.1 Å². The molecule has 1 saturated heterocycles. The van der Waals surface area contributed by atoms with Crippen molar-refractivity contribution in [3.63, 3.8) is 0 Å². The van der Waals surface area contributed by atoms with Crippen LogP contribution in [0.1, 0.15) is 13.8 Å². The molecule has 0 aliphatic carbocycles. The molecule has 2 amide bonds. The molecule has 132 valence electrons. The molecule has 8 heteroatoms. The maximum atomic E-state index is 12.3. The zero-order valence-corrected chi connectivity index (χ0v) is 15.1. The SMILES string of the molecule is CC(NC(=O)C(C)Oc1cccc(Cl)c1Cl)C(=O)N1CCOCC1. The van der Waals surface area contributed by atoms with E-state index in [1.807, 2.05) is 0 Å². The maximum Gasteiger partial charge on any atom is 0.261 e. The molecule has 1 aromatic rings. The van der Waals surface area contributed by atoms with Crippen LogP contribution in [0.15, 0.2) is 18.2 Å². The Morgan fingerprint density at radius 3 is 2.58 bits per heavy atom. The number of carbonyl (C=O) groups excluding carboxylic acids is 2. The van der Waals surface area contributed by atoms with Gasteiger partial charge in [0.2, 0.25) is 5.91 Å². The van der Waals surface area contributed by atoms with Crippen molar-refractivity contribution in [2.45, 2.75) is 26.0 Å². The Morgan fingerprint density at radius 1 is 1.25 bits per heavy atom. The lowest BCUT2D eigenvalue weighted by molar-refractivity contribution is -0.140. The molecular weight excluding hydrogens is 355 g/mol. The van der Waals surface area contributed by atoms with E-state index in [1.54, 1.807) is 36.9 Å². The predicted octanol–water partition coefficient (Wildman–Crippen LogP) is 2.12. The summed E-state index contributed by atoms with van der Waals surface area (Å²) in [6.07, 6.45) is -0.819. The Bertz CT molecular complexity index is 606. The van der Waals surface area contributed by atoms with E-state index in [2.05, 4.69) is 5.32 Å². The number of hydrogen-bond donors (Lipinski definition) is 1. The van der Waals surface area contributed by atoms with Crippen molar-refractivity contribution in [3.8, 4) is 5.75 Å². The third-order valence-electron chi connectivity index (χ3n) is 3.64. The topological polar surface area (TPSA) is 67.9 Å². The molecule has 0 aromatic heterocycles. The van der Waals surface area contributed by atoms with Crippen LogP contribution in [0.4, 0.5) is 0 Å². The first-order valence-electron chi connectivity index (χ1n) is 7.67. The normalized spacial score (nSPS) is 17.1. The van der Waals surface area contributed by atoms with Gasteiger partial charge >= 0.3 is 0 Å². The number of hydrogen-bond acceptors (Lipinski definition) is 4. The zero-order chi connectivity index (χ0) is 17.7. The Morgan fingerprint density at radius 2 is 1.92 bits per heavy atom. The van der Waals surface area contributed by atoms with Crippen LogP contribution in [0.3, 0.4) is 0 Å². The molecule has 1 N–H and O–H groups in total. The summed E-state index contributed by atoms with van der Waals surface area (Å²) in [5.74, 6) is -0.223. The lowest BCUT2D eigenvalue weighted by Gasteiger charge is -2.29. The van der Waals surface area contributed by atoms with Gasteiger partial charge < -0.3 is 19.7 Å². The van der Waals surface area contributed by atoms with Gasteiger partial charge in [-0.3, -0.25) is 9.59 Å². The lowest BCUT2D eigenvalue weighted by Crippen LogP contribution is -2.52. The van der Waals surface area contributed by atoms with E-state index in [1.165, 1.54) is 0 Å². The summed E-state index contributed by atoms with van der Waals surface area (Å²) in [5.41, 5.74) is 0. The molecule has 6 nitrogen and oxygen atoms in total. The van der Waals surface area contributed by atoms with Crippen molar-refractivity contribution in [1.29, 1.82) is 0 Å². The fourth-order valence-corrected chi connectivity index (χ4v) is 2.61. The summed E-state index contributed by atoms with van der Waals surface area (Å²) < 4.78 is 10.8. The summed E-state index contributed by atoms with van der Waals surface area (Å²) in [6.45, 7) is 5.32. The van der Waals surface area contributed by atoms with Crippen LogP contribution in [-0.4, -0.2) is 55.2 Å². The van der Waals surface area contributed by atoms with Crippen molar-refractivity contribution in [2.75, 3.05) is 26.3 Å². The largest absolute Gasteiger partial charge is 0.479 e. The molecular formula is C16H20Cl2N2O4. The smallest absolute Gasteiger partial charge is 0.261 e. The molecule has 0 spiro atoms. The van der Waals surface area contributed by atoms with Gasteiger partial charge in [-0.25, -0.2) is 0 Å². The van der Waals surface area contributed by atoms with Crippen LogP contribution in [-0.2, 0) is 14.3 Å². The zero-order valence-electron chi connectivity index (χ0n) is 13.6. The molecule has 0 saturated carbocycles. The van der Waals surface area contributed by atoms with E-state index in [-0.39, 0.29) is 10.9 Å². The van der Waals surface area contributed by atoms with Gasteiger partial charge in [0.15, 0.2) is 6.10 Å². The van der Waals surface area contributed by atoms with Crippen LogP contribution in [0, 0.1) is 0 Å². The summed E-state index contributed by atoms with van der Waals surface area (Å²) in [5, 5.41) is 3.25. The highest BCUT2D eigenvalue weighted by Crippen LogP contribution is 2.32. The number of carbonyl (C=O) groups is 2. The third-order valence-corrected chi connectivity index (χ3v) is 4.44. The minimum absolute atomic E-state index is 0.139. The van der Waals surface area contributed by atoms with E-state index >= 15 is 0 Å². The summed E-state index contributed by atoms with van der Waals surface area (Å²) in [4.78, 5) is 26.2. The monoisotopic (exact) mass is 374 g/mol. The predicted molar refractivity (Wildman–Crippen MR) is 91.6 cm³/mol. The number of rotatable bonds is 5. The molecule has 0 radical (unpaired) electrons. The van der Waals surface area contributed by atoms with E-state index < -0.39 is 18.1 Å². The standard InChI is InChI=1S/C16H20Cl2N2O4/c1-10(16(22)20-6-8-23-9-7-20)19-15(21)11(2)24-13-5-3-4-12(17)14(13)18/h3-5,10-11H,6-9H2,1-2H3,(H,19,21). The summed E-state index contributed by atoms with van der Waals surface area (Å²) >= 11 is 12.0. The van der Waals surface area contributed by atoms with E-state index in [0.717, 1.165) is 0 Å². The lowest BCUT2D eigenvalue weighted by atomic mass is 10.2. The second kappa shape index (κ2) is 8.55. The maximum absolute atomic E-state index is 12.3. The van der Waals surface area contributed by atoms with Gasteiger partial charge in [0.25, 0.3) is 5.91 Å². The van der Waals surface area contributed by atoms with Crippen LogP contribution in [0.25, 0.3) is 0 Å². The Hall–Kier alpha value is -1.50. The number of amides is 2. The van der Waals surface area contributed by atoms with E-state index in [4.69, 9.17) is 32.7 Å². The van der Waals surface area contributed by atoms with Crippen LogP contribution in [0.5, 0.6) is 5.75 Å². The highest BCUT2D eigenvalue weighted by molar-refractivity contribution is 6.42. The van der Waals surface area contributed by atoms with Gasteiger partial charge in [-0.1, -0.05) is 29.3 Å². The Labute approximate surface area is 151 Å². The highest BCUT2D eigenvalue weighted by Gasteiger charge is 2.26.